The molecule has 0 saturated heterocycles. The first-order valence-corrected chi connectivity index (χ1v) is 6.42. The van der Waals surface area contributed by atoms with Crippen molar-refractivity contribution in [2.24, 2.45) is 0 Å². The minimum absolute atomic E-state index is 0.455. The molecule has 0 spiro atoms. The van der Waals surface area contributed by atoms with Crippen LogP contribution < -0.4 is 0 Å². The smallest absolute Gasteiger partial charge is 0.190 e. The summed E-state index contributed by atoms with van der Waals surface area (Å²) in [6, 6.07) is 0. The lowest BCUT2D eigenvalue weighted by atomic mass is 10.2. The predicted molar refractivity (Wildman–Crippen MR) is 68.9 cm³/mol. The second-order valence-corrected chi connectivity index (χ2v) is 5.10. The van der Waals surface area contributed by atoms with E-state index >= 15 is 0 Å². The molecule has 18 heavy (non-hydrogen) atoms. The topological polar surface area (TPSA) is 68.9 Å². The Labute approximate surface area is 112 Å². The summed E-state index contributed by atoms with van der Waals surface area (Å²) in [6.07, 6.45) is 0. The van der Waals surface area contributed by atoms with E-state index in [2.05, 4.69) is 24.9 Å². The number of rotatable bonds is 1. The van der Waals surface area contributed by atoms with Crippen molar-refractivity contribution in [3.8, 4) is 10.7 Å². The van der Waals surface area contributed by atoms with Crippen LogP contribution in [0, 0.1) is 20.8 Å². The van der Waals surface area contributed by atoms with E-state index in [4.69, 9.17) is 11.6 Å². The zero-order valence-corrected chi connectivity index (χ0v) is 11.5. The fourth-order valence-electron chi connectivity index (χ4n) is 1.67. The Balaban J connectivity index is 2.37. The summed E-state index contributed by atoms with van der Waals surface area (Å²) in [5, 5.41) is 17.0. The largest absolute Gasteiger partial charge is 0.198 e. The monoisotopic (exact) mass is 280 g/mol. The SMILES string of the molecule is Cc1nnsc1-c1nnc2c(C)c(C)c(Cl)nn12. The third kappa shape index (κ3) is 1.51. The Morgan fingerprint density at radius 1 is 1.06 bits per heavy atom. The molecule has 6 nitrogen and oxygen atoms in total. The molecule has 0 atom stereocenters. The van der Waals surface area contributed by atoms with Gasteiger partial charge in [-0.3, -0.25) is 0 Å². The summed E-state index contributed by atoms with van der Waals surface area (Å²) in [7, 11) is 0. The molecule has 3 rings (SSSR count). The summed E-state index contributed by atoms with van der Waals surface area (Å²) in [4.78, 5) is 0.856. The van der Waals surface area contributed by atoms with E-state index in [1.54, 1.807) is 4.52 Å². The lowest BCUT2D eigenvalue weighted by Crippen LogP contribution is -2.00. The molecule has 0 N–H and O–H groups in total. The Kier molecular flexibility index (Phi) is 2.53. The summed E-state index contributed by atoms with van der Waals surface area (Å²) >= 11 is 7.38. The molecule has 3 aromatic rings. The molecule has 92 valence electrons. The van der Waals surface area contributed by atoms with E-state index in [0.717, 1.165) is 21.7 Å². The molecule has 0 fully saturated rings. The molecule has 0 unspecified atom stereocenters. The highest BCUT2D eigenvalue weighted by Crippen LogP contribution is 2.26. The van der Waals surface area contributed by atoms with Gasteiger partial charge in [-0.1, -0.05) is 16.1 Å². The van der Waals surface area contributed by atoms with Crippen molar-refractivity contribution < 1.29 is 0 Å². The molecule has 0 amide bonds. The van der Waals surface area contributed by atoms with Crippen LogP contribution in [0.5, 0.6) is 0 Å². The number of halogens is 1. The summed E-state index contributed by atoms with van der Waals surface area (Å²) in [5.41, 5.74) is 3.41. The molecule has 0 bridgehead atoms. The van der Waals surface area contributed by atoms with Crippen LogP contribution in [-0.4, -0.2) is 29.4 Å². The summed E-state index contributed by atoms with van der Waals surface area (Å²) in [5.74, 6) is 0.627. The maximum absolute atomic E-state index is 6.11. The van der Waals surface area contributed by atoms with Crippen LogP contribution >= 0.6 is 23.1 Å². The number of fused-ring (bicyclic) bond motifs is 1. The molecular formula is C10H9ClN6S. The van der Waals surface area contributed by atoms with Gasteiger partial charge in [0.15, 0.2) is 16.6 Å². The maximum atomic E-state index is 6.11. The predicted octanol–water partition coefficient (Wildman–Crippen LogP) is 2.22. The van der Waals surface area contributed by atoms with E-state index in [1.165, 1.54) is 11.5 Å². The van der Waals surface area contributed by atoms with Crippen LogP contribution in [-0.2, 0) is 0 Å². The number of hydrogen-bond donors (Lipinski definition) is 0. The molecule has 0 aliphatic carbocycles. The van der Waals surface area contributed by atoms with Crippen molar-refractivity contribution in [3.05, 3.63) is 22.0 Å². The number of aromatic nitrogens is 6. The van der Waals surface area contributed by atoms with Crippen LogP contribution in [0.25, 0.3) is 16.3 Å². The van der Waals surface area contributed by atoms with Crippen LogP contribution in [0.2, 0.25) is 5.15 Å². The third-order valence-corrected chi connectivity index (χ3v) is 4.07. The zero-order valence-electron chi connectivity index (χ0n) is 9.97. The van der Waals surface area contributed by atoms with Crippen molar-refractivity contribution in [1.29, 1.82) is 0 Å². The molecule has 0 aliphatic heterocycles. The Hall–Kier alpha value is -1.60. The van der Waals surface area contributed by atoms with Gasteiger partial charge in [0.2, 0.25) is 0 Å². The van der Waals surface area contributed by atoms with Crippen molar-refractivity contribution in [1.82, 2.24) is 29.4 Å². The normalized spacial score (nSPS) is 11.3. The molecule has 0 aliphatic rings. The van der Waals surface area contributed by atoms with Gasteiger partial charge in [-0.25, -0.2) is 0 Å². The Morgan fingerprint density at radius 3 is 2.50 bits per heavy atom. The fourth-order valence-corrected chi connectivity index (χ4v) is 2.52. The standard InChI is InChI=1S/C10H9ClN6S/c1-4-5(2)9-13-14-10(17(9)15-8(4)11)7-6(3)12-16-18-7/h1-3H3. The number of nitrogens with zero attached hydrogens (tertiary/aromatic N) is 6. The van der Waals surface area contributed by atoms with Crippen LogP contribution in [0.15, 0.2) is 0 Å². The van der Waals surface area contributed by atoms with E-state index in [1.807, 2.05) is 20.8 Å². The number of aryl methyl sites for hydroxylation is 2. The Bertz CT molecular complexity index is 746. The second kappa shape index (κ2) is 3.96. The highest BCUT2D eigenvalue weighted by molar-refractivity contribution is 7.09. The minimum Gasteiger partial charge on any atom is -0.190 e. The molecular weight excluding hydrogens is 272 g/mol. The van der Waals surface area contributed by atoms with Crippen LogP contribution in [0.3, 0.4) is 0 Å². The van der Waals surface area contributed by atoms with Gasteiger partial charge in [0.25, 0.3) is 0 Å². The van der Waals surface area contributed by atoms with E-state index < -0.39 is 0 Å². The molecule has 0 saturated carbocycles. The van der Waals surface area contributed by atoms with Gasteiger partial charge in [-0.2, -0.15) is 9.61 Å². The van der Waals surface area contributed by atoms with Gasteiger partial charge in [0.05, 0.1) is 5.69 Å². The van der Waals surface area contributed by atoms with Crippen molar-refractivity contribution in [2.45, 2.75) is 20.8 Å². The highest BCUT2D eigenvalue weighted by atomic mass is 35.5. The van der Waals surface area contributed by atoms with E-state index in [-0.39, 0.29) is 0 Å². The fraction of sp³-hybridized carbons (Fsp3) is 0.300. The quantitative estimate of drug-likeness (QED) is 0.684. The van der Waals surface area contributed by atoms with Crippen molar-refractivity contribution in [2.75, 3.05) is 0 Å². The summed E-state index contributed by atoms with van der Waals surface area (Å²) < 4.78 is 5.54. The molecule has 0 aromatic carbocycles. The van der Waals surface area contributed by atoms with Gasteiger partial charge in [-0.15, -0.1) is 15.3 Å². The third-order valence-electron chi connectivity index (χ3n) is 2.89. The van der Waals surface area contributed by atoms with Crippen molar-refractivity contribution in [3.63, 3.8) is 0 Å². The molecule has 3 heterocycles. The first-order valence-electron chi connectivity index (χ1n) is 5.27. The van der Waals surface area contributed by atoms with Gasteiger partial charge in [-0.05, 0) is 37.9 Å². The van der Waals surface area contributed by atoms with Gasteiger partial charge >= 0.3 is 0 Å². The highest BCUT2D eigenvalue weighted by Gasteiger charge is 2.18. The van der Waals surface area contributed by atoms with Gasteiger partial charge in [0.1, 0.15) is 4.88 Å². The van der Waals surface area contributed by atoms with E-state index in [0.29, 0.717) is 16.6 Å². The average molecular weight is 281 g/mol. The van der Waals surface area contributed by atoms with E-state index in [9.17, 15) is 0 Å². The minimum atomic E-state index is 0.455. The van der Waals surface area contributed by atoms with Gasteiger partial charge < -0.3 is 0 Å². The number of hydrogen-bond acceptors (Lipinski definition) is 6. The van der Waals surface area contributed by atoms with Crippen LogP contribution in [0.4, 0.5) is 0 Å². The first kappa shape index (κ1) is 11.5. The van der Waals surface area contributed by atoms with Crippen LogP contribution in [0.1, 0.15) is 16.8 Å². The maximum Gasteiger partial charge on any atom is 0.198 e. The molecule has 0 radical (unpaired) electrons. The lowest BCUT2D eigenvalue weighted by molar-refractivity contribution is 0.919. The Morgan fingerprint density at radius 2 is 1.83 bits per heavy atom. The van der Waals surface area contributed by atoms with Crippen molar-refractivity contribution >= 4 is 28.8 Å². The zero-order chi connectivity index (χ0) is 12.9. The summed E-state index contributed by atoms with van der Waals surface area (Å²) in [6.45, 7) is 5.75. The molecule has 8 heteroatoms. The van der Waals surface area contributed by atoms with Gasteiger partial charge in [0, 0.05) is 5.56 Å². The second-order valence-electron chi connectivity index (χ2n) is 3.99. The first-order chi connectivity index (χ1) is 8.59. The molecule has 3 aromatic heterocycles. The average Bonchev–Trinajstić information content (AvgIpc) is 2.92. The lowest BCUT2D eigenvalue weighted by Gasteiger charge is -2.04.